The van der Waals surface area contributed by atoms with Gasteiger partial charge in [0.25, 0.3) is 10.1 Å². The summed E-state index contributed by atoms with van der Waals surface area (Å²) in [5.74, 6) is 1.92. The Morgan fingerprint density at radius 3 is 1.93 bits per heavy atom. The van der Waals surface area contributed by atoms with Crippen LogP contribution in [0.4, 0.5) is 0 Å². The number of ether oxygens (including phenoxy) is 1. The molecule has 5 nitrogen and oxygen atoms in total. The van der Waals surface area contributed by atoms with Gasteiger partial charge < -0.3 is 9.22 Å². The van der Waals surface area contributed by atoms with Crippen molar-refractivity contribution in [1.29, 1.82) is 0 Å². The van der Waals surface area contributed by atoms with Crippen molar-refractivity contribution in [1.82, 2.24) is 0 Å². The van der Waals surface area contributed by atoms with Crippen molar-refractivity contribution in [2.45, 2.75) is 136 Å². The molecule has 0 aliphatic rings. The molecule has 6 heteroatoms. The largest absolute Gasteiger partial charge is 0.494 e. The fraction of sp³-hybridized carbons (Fsp3) is 0.676. The average Bonchev–Trinajstić information content (AvgIpc) is 3.01. The Hall–Kier alpha value is -1.89. The first-order chi connectivity index (χ1) is 20.5. The van der Waals surface area contributed by atoms with Crippen molar-refractivity contribution in [2.24, 2.45) is 5.92 Å². The summed E-state index contributed by atoms with van der Waals surface area (Å²) >= 11 is 0. The molecule has 246 valence electrons. The summed E-state index contributed by atoms with van der Waals surface area (Å²) in [4.78, 5) is -0.0741. The van der Waals surface area contributed by atoms with E-state index in [9.17, 15) is 8.42 Å². The third-order valence-electron chi connectivity index (χ3n) is 9.50. The minimum atomic E-state index is -4.00. The van der Waals surface area contributed by atoms with Crippen molar-refractivity contribution in [3.63, 3.8) is 0 Å². The maximum atomic E-state index is 10.4. The number of nitrogens with zero attached hydrogens (tertiary/aromatic N) is 1. The molecule has 0 aliphatic heterocycles. The first-order valence-corrected chi connectivity index (χ1v) is 18.6. The van der Waals surface area contributed by atoms with Crippen LogP contribution in [0.15, 0.2) is 59.5 Å². The van der Waals surface area contributed by atoms with Crippen LogP contribution in [0, 0.1) is 5.92 Å². The van der Waals surface area contributed by atoms with Crippen molar-refractivity contribution in [3.8, 4) is 5.75 Å². The second-order valence-corrected chi connectivity index (χ2v) is 13.9. The molecule has 0 saturated heterocycles. The van der Waals surface area contributed by atoms with Crippen molar-refractivity contribution in [3.05, 3.63) is 60.2 Å². The van der Waals surface area contributed by atoms with Gasteiger partial charge in [0.05, 0.1) is 36.7 Å². The second-order valence-electron chi connectivity index (χ2n) is 12.4. The maximum absolute atomic E-state index is 10.4. The zero-order valence-corrected chi connectivity index (χ0v) is 29.4. The van der Waals surface area contributed by atoms with E-state index < -0.39 is 10.1 Å². The van der Waals surface area contributed by atoms with Gasteiger partial charge in [-0.1, -0.05) is 103 Å². The molecule has 43 heavy (non-hydrogen) atoms. The normalized spacial score (nSPS) is 14.0. The van der Waals surface area contributed by atoms with Crippen LogP contribution in [0.1, 0.15) is 125 Å². The van der Waals surface area contributed by atoms with Crippen molar-refractivity contribution >= 4 is 10.1 Å². The van der Waals surface area contributed by atoms with Crippen LogP contribution in [-0.2, 0) is 16.5 Å². The Kier molecular flexibility index (Phi) is 19.1. The van der Waals surface area contributed by atoms with Crippen LogP contribution in [0.5, 0.6) is 5.75 Å². The molecule has 2 aromatic carbocycles. The molecule has 0 bridgehead atoms. The zero-order chi connectivity index (χ0) is 32.2. The molecule has 2 unspecified atom stereocenters. The predicted octanol–water partition coefficient (Wildman–Crippen LogP) is 10.1. The van der Waals surface area contributed by atoms with Gasteiger partial charge in [-0.05, 0) is 81.7 Å². The third-order valence-corrected chi connectivity index (χ3v) is 10.4. The van der Waals surface area contributed by atoms with Gasteiger partial charge in [-0.3, -0.25) is 4.55 Å². The molecule has 2 rings (SSSR count). The van der Waals surface area contributed by atoms with E-state index in [0.717, 1.165) is 24.7 Å². The lowest BCUT2D eigenvalue weighted by Crippen LogP contribution is -2.64. The molecule has 2 atom stereocenters. The van der Waals surface area contributed by atoms with E-state index in [1.165, 1.54) is 112 Å². The van der Waals surface area contributed by atoms with Crippen LogP contribution in [0.2, 0.25) is 0 Å². The highest BCUT2D eigenvalue weighted by molar-refractivity contribution is 7.85. The molecule has 0 fully saturated rings. The van der Waals surface area contributed by atoms with Gasteiger partial charge >= 0.3 is 0 Å². The average molecular weight is 619 g/mol. The van der Waals surface area contributed by atoms with Gasteiger partial charge in [0.1, 0.15) is 5.75 Å². The molecule has 1 N–H and O–H groups in total. The van der Waals surface area contributed by atoms with E-state index in [-0.39, 0.29) is 4.90 Å². The van der Waals surface area contributed by atoms with E-state index in [2.05, 4.69) is 72.7 Å². The molecular weight excluding hydrogens is 554 g/mol. The molecule has 0 radical (unpaired) electrons. The summed E-state index contributed by atoms with van der Waals surface area (Å²) in [6.07, 6.45) is 15.9. The molecular formula is C37H64NO4S+. The van der Waals surface area contributed by atoms with Gasteiger partial charge in [-0.15, -0.1) is 0 Å². The SMILES string of the molecule is CCCCC(CC)CC[N+](CCCC)(CCCC)C(C)(CC)CCc1cccc(OCC)c1.O=S(=O)(O)c1ccccc1. The van der Waals surface area contributed by atoms with E-state index >= 15 is 0 Å². The Labute approximate surface area is 265 Å². The summed E-state index contributed by atoms with van der Waals surface area (Å²) in [7, 11) is -4.00. The Balaban J connectivity index is 0.000000775. The maximum Gasteiger partial charge on any atom is 0.294 e. The molecule has 0 saturated carbocycles. The molecule has 0 aliphatic carbocycles. The van der Waals surface area contributed by atoms with Crippen LogP contribution in [0.25, 0.3) is 0 Å². The van der Waals surface area contributed by atoms with Gasteiger partial charge in [0.2, 0.25) is 0 Å². The first-order valence-electron chi connectivity index (χ1n) is 17.1. The van der Waals surface area contributed by atoms with Crippen LogP contribution in [-0.4, -0.2) is 49.2 Å². The fourth-order valence-electron chi connectivity index (χ4n) is 6.25. The van der Waals surface area contributed by atoms with Gasteiger partial charge in [-0.25, -0.2) is 0 Å². The molecule has 0 spiro atoms. The Morgan fingerprint density at radius 1 is 0.814 bits per heavy atom. The highest BCUT2D eigenvalue weighted by Gasteiger charge is 2.44. The van der Waals surface area contributed by atoms with E-state index in [1.807, 2.05) is 0 Å². The molecule has 0 aromatic heterocycles. The summed E-state index contributed by atoms with van der Waals surface area (Å²) in [6, 6.07) is 16.2. The number of unbranched alkanes of at least 4 members (excludes halogenated alkanes) is 3. The number of quaternary nitrogens is 1. The van der Waals surface area contributed by atoms with Crippen LogP contribution in [0.3, 0.4) is 0 Å². The van der Waals surface area contributed by atoms with E-state index in [4.69, 9.17) is 9.29 Å². The highest BCUT2D eigenvalue weighted by atomic mass is 32.2. The van der Waals surface area contributed by atoms with Gasteiger partial charge in [0, 0.05) is 6.42 Å². The summed E-state index contributed by atoms with van der Waals surface area (Å²) in [6.45, 7) is 21.4. The van der Waals surface area contributed by atoms with Gasteiger partial charge in [0.15, 0.2) is 0 Å². The number of rotatable bonds is 21. The lowest BCUT2D eigenvalue weighted by molar-refractivity contribution is -0.976. The summed E-state index contributed by atoms with van der Waals surface area (Å²) < 4.78 is 36.4. The Morgan fingerprint density at radius 2 is 1.44 bits per heavy atom. The third kappa shape index (κ3) is 13.7. The topological polar surface area (TPSA) is 63.6 Å². The zero-order valence-electron chi connectivity index (χ0n) is 28.6. The monoisotopic (exact) mass is 618 g/mol. The number of hydrogen-bond donors (Lipinski definition) is 1. The number of hydrogen-bond acceptors (Lipinski definition) is 3. The molecule has 0 amide bonds. The summed E-state index contributed by atoms with van der Waals surface area (Å²) in [5.41, 5.74) is 1.76. The quantitative estimate of drug-likeness (QED) is 0.112. The lowest BCUT2D eigenvalue weighted by Gasteiger charge is -2.53. The van der Waals surface area contributed by atoms with E-state index in [1.54, 1.807) is 18.2 Å². The highest BCUT2D eigenvalue weighted by Crippen LogP contribution is 2.37. The lowest BCUT2D eigenvalue weighted by atomic mass is 9.83. The standard InChI is InChI=1S/C31H58NO.C6H6O3S/c1-8-14-18-28(11-4)22-26-32(24-15-9-2,25-16-10-3)31(7,12-5)23-21-29-19-17-20-30(27-29)33-13-6;7-10(8,9)6-4-2-1-3-5-6/h17,19-20,27-28H,8-16,18,21-26H2,1-7H3;1-5H,(H,7,8,9)/q+1;. The van der Waals surface area contributed by atoms with E-state index in [0.29, 0.717) is 5.54 Å². The fourth-order valence-corrected chi connectivity index (χ4v) is 6.76. The predicted molar refractivity (Wildman–Crippen MR) is 183 cm³/mol. The van der Waals surface area contributed by atoms with Crippen molar-refractivity contribution in [2.75, 3.05) is 26.2 Å². The Bertz CT molecular complexity index is 1080. The first kappa shape index (κ1) is 39.1. The second kappa shape index (κ2) is 21.0. The minimum Gasteiger partial charge on any atom is -0.494 e. The minimum absolute atomic E-state index is 0.0741. The number of aryl methyl sites for hydroxylation is 1. The summed E-state index contributed by atoms with van der Waals surface area (Å²) in [5, 5.41) is 0. The molecule has 0 heterocycles. The number of benzene rings is 2. The van der Waals surface area contributed by atoms with Crippen LogP contribution >= 0.6 is 0 Å². The van der Waals surface area contributed by atoms with Crippen LogP contribution < -0.4 is 4.74 Å². The van der Waals surface area contributed by atoms with Crippen molar-refractivity contribution < 1.29 is 22.2 Å². The smallest absolute Gasteiger partial charge is 0.294 e. The van der Waals surface area contributed by atoms with Gasteiger partial charge in [-0.2, -0.15) is 8.42 Å². The molecule has 2 aromatic rings.